The predicted octanol–water partition coefficient (Wildman–Crippen LogP) is 1.33. The number of imidazole rings is 1. The van der Waals surface area contributed by atoms with Gasteiger partial charge in [-0.3, -0.25) is 0 Å². The zero-order valence-electron chi connectivity index (χ0n) is 11.1. The summed E-state index contributed by atoms with van der Waals surface area (Å²) in [6, 6.07) is 0. The van der Waals surface area contributed by atoms with Gasteiger partial charge in [-0.2, -0.15) is 0 Å². The third kappa shape index (κ3) is 2.94. The number of carbonyl (C=O) groups is 1. The minimum atomic E-state index is -0.458. The van der Waals surface area contributed by atoms with Crippen LogP contribution in [0.4, 0.5) is 10.7 Å². The number of fused-ring (bicyclic) bond motifs is 1. The number of nitrogens with one attached hydrogen (secondary N) is 1. The zero-order valence-corrected chi connectivity index (χ0v) is 11.1. The van der Waals surface area contributed by atoms with Gasteiger partial charge in [0.25, 0.3) is 0 Å². The Balaban J connectivity index is 2.00. The number of amides is 1. The maximum absolute atomic E-state index is 12.0. The fourth-order valence-electron chi connectivity index (χ4n) is 1.99. The van der Waals surface area contributed by atoms with E-state index in [2.05, 4.69) is 9.97 Å². The Hall–Kier alpha value is -1.72. The topological polar surface area (TPSA) is 84.2 Å². The predicted molar refractivity (Wildman–Crippen MR) is 68.2 cm³/mol. The van der Waals surface area contributed by atoms with Crippen molar-refractivity contribution in [3.05, 3.63) is 11.4 Å². The largest absolute Gasteiger partial charge is 0.444 e. The number of hydrogen-bond donors (Lipinski definition) is 2. The van der Waals surface area contributed by atoms with Gasteiger partial charge in [-0.1, -0.05) is 0 Å². The molecule has 1 aliphatic heterocycles. The first-order valence-corrected chi connectivity index (χ1v) is 6.16. The molecule has 2 heterocycles. The van der Waals surface area contributed by atoms with E-state index in [0.717, 1.165) is 17.8 Å². The van der Waals surface area contributed by atoms with Crippen molar-refractivity contribution in [2.45, 2.75) is 39.2 Å². The maximum atomic E-state index is 12.0. The molecule has 0 bridgehead atoms. The normalized spacial score (nSPS) is 16.1. The van der Waals surface area contributed by atoms with Gasteiger partial charge >= 0.3 is 6.09 Å². The van der Waals surface area contributed by atoms with Crippen LogP contribution in [0.3, 0.4) is 0 Å². The number of H-pyrrole nitrogens is 1. The van der Waals surface area contributed by atoms with Gasteiger partial charge in [-0.15, -0.1) is 0 Å². The Labute approximate surface area is 107 Å². The van der Waals surface area contributed by atoms with Gasteiger partial charge in [0.2, 0.25) is 0 Å². The van der Waals surface area contributed by atoms with E-state index < -0.39 is 5.60 Å². The molecule has 6 heteroatoms. The van der Waals surface area contributed by atoms with Crippen LogP contribution in [0.5, 0.6) is 0 Å². The van der Waals surface area contributed by atoms with Gasteiger partial charge < -0.3 is 20.4 Å². The molecule has 0 unspecified atom stereocenters. The summed E-state index contributed by atoms with van der Waals surface area (Å²) >= 11 is 0. The lowest BCUT2D eigenvalue weighted by Crippen LogP contribution is -2.38. The molecule has 0 aromatic carbocycles. The number of carbonyl (C=O) groups excluding carboxylic acids is 1. The van der Waals surface area contributed by atoms with Crippen LogP contribution in [-0.2, 0) is 17.6 Å². The number of nitrogens with zero attached hydrogens (tertiary/aromatic N) is 2. The number of hydrogen-bond acceptors (Lipinski definition) is 4. The molecule has 100 valence electrons. The summed E-state index contributed by atoms with van der Waals surface area (Å²) in [5.74, 6) is 0.450. The van der Waals surface area contributed by atoms with Gasteiger partial charge in [0, 0.05) is 31.6 Å². The summed E-state index contributed by atoms with van der Waals surface area (Å²) in [5.41, 5.74) is 7.14. The summed E-state index contributed by atoms with van der Waals surface area (Å²) in [4.78, 5) is 20.9. The average molecular weight is 252 g/mol. The van der Waals surface area contributed by atoms with Crippen molar-refractivity contribution >= 4 is 12.0 Å². The smallest absolute Gasteiger partial charge is 0.410 e. The fourth-order valence-corrected chi connectivity index (χ4v) is 1.99. The highest BCUT2D eigenvalue weighted by atomic mass is 16.6. The van der Waals surface area contributed by atoms with Crippen LogP contribution < -0.4 is 5.73 Å². The van der Waals surface area contributed by atoms with Crippen LogP contribution in [-0.4, -0.2) is 39.7 Å². The standard InChI is InChI=1S/C12H20N4O2/c1-12(2,3)18-11(17)16-6-4-8-9(5-7-16)15-10(13)14-8/h4-7H2,1-3H3,(H3,13,14,15). The highest BCUT2D eigenvalue weighted by Crippen LogP contribution is 2.17. The molecule has 1 aromatic heterocycles. The Morgan fingerprint density at radius 1 is 1.39 bits per heavy atom. The van der Waals surface area contributed by atoms with E-state index in [4.69, 9.17) is 10.5 Å². The number of ether oxygens (including phenoxy) is 1. The molecule has 0 saturated heterocycles. The monoisotopic (exact) mass is 252 g/mol. The molecule has 1 aromatic rings. The third-order valence-corrected chi connectivity index (χ3v) is 2.78. The van der Waals surface area contributed by atoms with E-state index in [-0.39, 0.29) is 6.09 Å². The van der Waals surface area contributed by atoms with Crippen molar-refractivity contribution in [2.24, 2.45) is 0 Å². The molecule has 0 atom stereocenters. The minimum Gasteiger partial charge on any atom is -0.444 e. The molecule has 1 amide bonds. The maximum Gasteiger partial charge on any atom is 0.410 e. The summed E-state index contributed by atoms with van der Waals surface area (Å²) in [5, 5.41) is 0. The van der Waals surface area contributed by atoms with Gasteiger partial charge in [-0.25, -0.2) is 9.78 Å². The summed E-state index contributed by atoms with van der Waals surface area (Å²) in [7, 11) is 0. The average Bonchev–Trinajstić information content (AvgIpc) is 2.45. The van der Waals surface area contributed by atoms with Crippen molar-refractivity contribution in [1.29, 1.82) is 0 Å². The van der Waals surface area contributed by atoms with Crippen LogP contribution in [0.25, 0.3) is 0 Å². The molecule has 0 fully saturated rings. The van der Waals surface area contributed by atoms with Crippen molar-refractivity contribution < 1.29 is 9.53 Å². The number of rotatable bonds is 0. The van der Waals surface area contributed by atoms with E-state index in [1.54, 1.807) is 4.90 Å². The first-order valence-electron chi connectivity index (χ1n) is 6.16. The molecule has 2 rings (SSSR count). The summed E-state index contributed by atoms with van der Waals surface area (Å²) in [6.07, 6.45) is 1.18. The fraction of sp³-hybridized carbons (Fsp3) is 0.667. The van der Waals surface area contributed by atoms with E-state index >= 15 is 0 Å². The van der Waals surface area contributed by atoms with Crippen molar-refractivity contribution in [2.75, 3.05) is 18.8 Å². The Morgan fingerprint density at radius 3 is 2.72 bits per heavy atom. The van der Waals surface area contributed by atoms with E-state index in [0.29, 0.717) is 25.5 Å². The molecule has 6 nitrogen and oxygen atoms in total. The Morgan fingerprint density at radius 2 is 2.06 bits per heavy atom. The highest BCUT2D eigenvalue weighted by molar-refractivity contribution is 5.68. The van der Waals surface area contributed by atoms with E-state index in [9.17, 15) is 4.79 Å². The van der Waals surface area contributed by atoms with Gasteiger partial charge in [0.15, 0.2) is 5.95 Å². The second-order valence-corrected chi connectivity index (χ2v) is 5.51. The summed E-state index contributed by atoms with van der Waals surface area (Å²) < 4.78 is 5.36. The van der Waals surface area contributed by atoms with Crippen LogP contribution in [0.2, 0.25) is 0 Å². The van der Waals surface area contributed by atoms with Gasteiger partial charge in [-0.05, 0) is 20.8 Å². The third-order valence-electron chi connectivity index (χ3n) is 2.78. The summed E-state index contributed by atoms with van der Waals surface area (Å²) in [6.45, 7) is 6.85. The molecule has 1 aliphatic rings. The van der Waals surface area contributed by atoms with Gasteiger partial charge in [0.05, 0.1) is 5.69 Å². The molecular formula is C12H20N4O2. The number of nitrogens with two attached hydrogens (primary N) is 1. The molecule has 0 aliphatic carbocycles. The molecule has 3 N–H and O–H groups in total. The first-order chi connectivity index (χ1) is 8.35. The number of nitrogen functional groups attached to an aromatic ring is 1. The zero-order chi connectivity index (χ0) is 13.3. The number of aromatic amines is 1. The Kier molecular flexibility index (Phi) is 3.19. The van der Waals surface area contributed by atoms with Crippen LogP contribution >= 0.6 is 0 Å². The molecule has 0 radical (unpaired) electrons. The van der Waals surface area contributed by atoms with Crippen molar-refractivity contribution in [3.63, 3.8) is 0 Å². The molecule has 0 spiro atoms. The lowest BCUT2D eigenvalue weighted by Gasteiger charge is -2.26. The number of anilines is 1. The van der Waals surface area contributed by atoms with E-state index in [1.165, 1.54) is 0 Å². The molecule has 0 saturated carbocycles. The van der Waals surface area contributed by atoms with Crippen LogP contribution in [0, 0.1) is 0 Å². The van der Waals surface area contributed by atoms with Crippen LogP contribution in [0.15, 0.2) is 0 Å². The lowest BCUT2D eigenvalue weighted by atomic mass is 10.2. The minimum absolute atomic E-state index is 0.263. The van der Waals surface area contributed by atoms with Gasteiger partial charge in [0.1, 0.15) is 5.60 Å². The quantitative estimate of drug-likeness (QED) is 0.729. The molecule has 18 heavy (non-hydrogen) atoms. The Bertz CT molecular complexity index is 422. The van der Waals surface area contributed by atoms with E-state index in [1.807, 2.05) is 20.8 Å². The van der Waals surface area contributed by atoms with Crippen LogP contribution in [0.1, 0.15) is 32.2 Å². The lowest BCUT2D eigenvalue weighted by molar-refractivity contribution is 0.0258. The highest BCUT2D eigenvalue weighted by Gasteiger charge is 2.25. The second-order valence-electron chi connectivity index (χ2n) is 5.51. The second kappa shape index (κ2) is 4.51. The SMILES string of the molecule is CC(C)(C)OC(=O)N1CCc2nc(N)[nH]c2CC1. The first kappa shape index (κ1) is 12.7. The van der Waals surface area contributed by atoms with Crippen molar-refractivity contribution in [1.82, 2.24) is 14.9 Å². The van der Waals surface area contributed by atoms with Crippen molar-refractivity contribution in [3.8, 4) is 0 Å². The molecular weight excluding hydrogens is 232 g/mol. The number of aromatic nitrogens is 2.